The van der Waals surface area contributed by atoms with E-state index in [9.17, 15) is 4.79 Å². The molecule has 0 amide bonds. The van der Waals surface area contributed by atoms with Gasteiger partial charge in [-0.1, -0.05) is 0 Å². The third-order valence-corrected chi connectivity index (χ3v) is 5.21. The normalized spacial score (nSPS) is 13.3. The first-order chi connectivity index (χ1) is 16.2. The molecule has 0 radical (unpaired) electrons. The highest BCUT2D eigenvalue weighted by Crippen LogP contribution is 2.29. The Kier molecular flexibility index (Phi) is 7.18. The maximum Gasteiger partial charge on any atom is 0.180 e. The monoisotopic (exact) mass is 437 g/mol. The Morgan fingerprint density at radius 1 is 0.818 bits per heavy atom. The molecule has 1 heterocycles. The summed E-state index contributed by atoms with van der Waals surface area (Å²) in [7, 11) is 0. The Balaban J connectivity index is 1.38. The van der Waals surface area contributed by atoms with Gasteiger partial charge in [0.25, 0.3) is 0 Å². The summed E-state index contributed by atoms with van der Waals surface area (Å²) >= 11 is 0. The first-order valence-corrected chi connectivity index (χ1v) is 10.7. The molecule has 1 aliphatic rings. The molecule has 4 rings (SSSR count). The lowest BCUT2D eigenvalue weighted by molar-refractivity contribution is 0.482. The molecule has 0 aliphatic carbocycles. The maximum absolute atomic E-state index is 10.1. The molecule has 1 saturated heterocycles. The van der Waals surface area contributed by atoms with Gasteiger partial charge in [0.15, 0.2) is 5.94 Å². The molecule has 0 spiro atoms. The Morgan fingerprint density at radius 2 is 1.42 bits per heavy atom. The minimum atomic E-state index is 0.563. The molecule has 1 fully saturated rings. The van der Waals surface area contributed by atoms with Crippen molar-refractivity contribution in [3.8, 4) is 5.75 Å². The second-order valence-electron chi connectivity index (χ2n) is 7.56. The van der Waals surface area contributed by atoms with Crippen molar-refractivity contribution in [2.24, 2.45) is 20.5 Å². The van der Waals surface area contributed by atoms with Crippen molar-refractivity contribution in [3.05, 3.63) is 84.3 Å². The summed E-state index contributed by atoms with van der Waals surface area (Å²) in [4.78, 5) is 12.5. The summed E-state index contributed by atoms with van der Waals surface area (Å²) in [5.74, 6) is 2.06. The highest BCUT2D eigenvalue weighted by Gasteiger charge is 2.11. The van der Waals surface area contributed by atoms with Crippen molar-refractivity contribution >= 4 is 34.4 Å². The van der Waals surface area contributed by atoms with Crippen LogP contribution in [-0.4, -0.2) is 19.0 Å². The number of rotatable bonds is 7. The fraction of sp³-hybridized carbons (Fsp3) is 0.192. The van der Waals surface area contributed by atoms with Crippen LogP contribution in [0.3, 0.4) is 0 Å². The van der Waals surface area contributed by atoms with Crippen LogP contribution < -0.4 is 9.64 Å². The molecule has 33 heavy (non-hydrogen) atoms. The van der Waals surface area contributed by atoms with E-state index in [2.05, 4.69) is 43.2 Å². The topological polar surface area (TPSA) is 79.0 Å². The average Bonchev–Trinajstić information content (AvgIpc) is 3.39. The number of nitrogens with zero attached hydrogens (tertiary/aromatic N) is 5. The van der Waals surface area contributed by atoms with E-state index in [1.807, 2.05) is 37.3 Å². The van der Waals surface area contributed by atoms with Crippen molar-refractivity contribution in [2.45, 2.75) is 19.8 Å². The number of hydrogen-bond donors (Lipinski definition) is 0. The van der Waals surface area contributed by atoms with E-state index in [0.29, 0.717) is 11.4 Å². The number of hydrogen-bond acceptors (Lipinski definition) is 7. The van der Waals surface area contributed by atoms with Gasteiger partial charge in [0.1, 0.15) is 12.0 Å². The molecule has 164 valence electrons. The van der Waals surface area contributed by atoms with Crippen molar-refractivity contribution in [1.82, 2.24) is 0 Å². The Bertz CT molecular complexity index is 1230. The summed E-state index contributed by atoms with van der Waals surface area (Å²) in [6.45, 7) is 4.21. The average molecular weight is 438 g/mol. The molecule has 0 atom stereocenters. The van der Waals surface area contributed by atoms with E-state index < -0.39 is 0 Å². The van der Waals surface area contributed by atoms with Gasteiger partial charge in [-0.2, -0.15) is 20.5 Å². The van der Waals surface area contributed by atoms with Gasteiger partial charge in [-0.15, -0.1) is 0 Å². The molecular weight excluding hydrogens is 414 g/mol. The second-order valence-corrected chi connectivity index (χ2v) is 7.56. The standard InChI is InChI=1S/C26H23N5O2/c1-20-19-23(29-27-21-5-10-24(11-6-21)31-15-2-3-16-31)9-14-26(20)30-28-22-7-12-25(13-8-22)33-18-4-17-32/h5-14,18-19H,2-3,15-16H2,1H3. The molecule has 3 aromatic carbocycles. The SMILES string of the molecule is Cc1cc(N=Nc2ccc(N3CCCC3)cc2)ccc1N=Nc1ccc(OC=C=C=O)cc1. The lowest BCUT2D eigenvalue weighted by Gasteiger charge is -2.17. The van der Waals surface area contributed by atoms with Crippen LogP contribution in [0.2, 0.25) is 0 Å². The van der Waals surface area contributed by atoms with Gasteiger partial charge in [0.05, 0.1) is 22.7 Å². The van der Waals surface area contributed by atoms with Gasteiger partial charge in [-0.05, 0) is 92.1 Å². The number of aryl methyl sites for hydroxylation is 1. The fourth-order valence-electron chi connectivity index (χ4n) is 3.46. The van der Waals surface area contributed by atoms with Crippen LogP contribution in [0.4, 0.5) is 28.4 Å². The first-order valence-electron chi connectivity index (χ1n) is 10.7. The molecule has 0 bridgehead atoms. The third-order valence-electron chi connectivity index (χ3n) is 5.21. The zero-order chi connectivity index (χ0) is 22.9. The van der Waals surface area contributed by atoms with E-state index in [0.717, 1.165) is 42.0 Å². The number of carbonyl (C=O) groups excluding carboxylic acids is 1. The molecule has 0 aromatic heterocycles. The highest BCUT2D eigenvalue weighted by atomic mass is 16.5. The van der Waals surface area contributed by atoms with Gasteiger partial charge in [0.2, 0.25) is 0 Å². The Labute approximate surface area is 192 Å². The van der Waals surface area contributed by atoms with E-state index in [1.165, 1.54) is 24.5 Å². The van der Waals surface area contributed by atoms with E-state index >= 15 is 0 Å². The summed E-state index contributed by atoms with van der Waals surface area (Å²) in [6, 6.07) is 20.9. The summed E-state index contributed by atoms with van der Waals surface area (Å²) < 4.78 is 5.19. The second kappa shape index (κ2) is 10.8. The van der Waals surface area contributed by atoms with Crippen molar-refractivity contribution < 1.29 is 9.53 Å². The van der Waals surface area contributed by atoms with Gasteiger partial charge in [0, 0.05) is 24.5 Å². The van der Waals surface area contributed by atoms with Gasteiger partial charge < -0.3 is 9.64 Å². The smallest absolute Gasteiger partial charge is 0.180 e. The summed E-state index contributed by atoms with van der Waals surface area (Å²) in [5.41, 5.74) is 7.39. The van der Waals surface area contributed by atoms with Gasteiger partial charge >= 0.3 is 0 Å². The van der Waals surface area contributed by atoms with Crippen LogP contribution in [0.25, 0.3) is 0 Å². The minimum Gasteiger partial charge on any atom is -0.456 e. The molecule has 0 saturated carbocycles. The lowest BCUT2D eigenvalue weighted by Crippen LogP contribution is -2.17. The van der Waals surface area contributed by atoms with E-state index in [1.54, 1.807) is 24.3 Å². The molecule has 1 aliphatic heterocycles. The largest absolute Gasteiger partial charge is 0.456 e. The zero-order valence-corrected chi connectivity index (χ0v) is 18.3. The van der Waals surface area contributed by atoms with Crippen LogP contribution >= 0.6 is 0 Å². The lowest BCUT2D eigenvalue weighted by atomic mass is 10.2. The first kappa shape index (κ1) is 21.9. The van der Waals surface area contributed by atoms with E-state index in [4.69, 9.17) is 4.74 Å². The number of azo groups is 2. The van der Waals surface area contributed by atoms with Crippen LogP contribution in [-0.2, 0) is 4.79 Å². The summed E-state index contributed by atoms with van der Waals surface area (Å²) in [6.07, 6.45) is 3.67. The number of anilines is 1. The van der Waals surface area contributed by atoms with Gasteiger partial charge in [-0.3, -0.25) is 0 Å². The van der Waals surface area contributed by atoms with Crippen LogP contribution in [0.15, 0.2) is 99.2 Å². The molecule has 3 aromatic rings. The maximum atomic E-state index is 10.1. The minimum absolute atomic E-state index is 0.563. The molecule has 7 heteroatoms. The number of ether oxygens (including phenoxy) is 1. The predicted octanol–water partition coefficient (Wildman–Crippen LogP) is 7.31. The fourth-order valence-corrected chi connectivity index (χ4v) is 3.46. The number of benzene rings is 3. The highest BCUT2D eigenvalue weighted by molar-refractivity contribution is 5.55. The zero-order valence-electron chi connectivity index (χ0n) is 18.3. The van der Waals surface area contributed by atoms with Crippen molar-refractivity contribution in [1.29, 1.82) is 0 Å². The molecule has 0 N–H and O–H groups in total. The van der Waals surface area contributed by atoms with Crippen LogP contribution in [0, 0.1) is 6.92 Å². The van der Waals surface area contributed by atoms with E-state index in [-0.39, 0.29) is 0 Å². The Hall–Kier alpha value is -4.31. The Morgan fingerprint density at radius 3 is 2.09 bits per heavy atom. The molecule has 0 unspecified atom stereocenters. The molecule has 7 nitrogen and oxygen atoms in total. The van der Waals surface area contributed by atoms with Gasteiger partial charge in [-0.25, -0.2) is 4.79 Å². The van der Waals surface area contributed by atoms with Crippen molar-refractivity contribution in [2.75, 3.05) is 18.0 Å². The third kappa shape index (κ3) is 6.11. The predicted molar refractivity (Wildman–Crippen MR) is 128 cm³/mol. The quantitative estimate of drug-likeness (QED) is 0.168. The summed E-state index contributed by atoms with van der Waals surface area (Å²) in [5, 5.41) is 17.3. The van der Waals surface area contributed by atoms with Crippen LogP contribution in [0.5, 0.6) is 5.75 Å². The van der Waals surface area contributed by atoms with Crippen LogP contribution in [0.1, 0.15) is 18.4 Å². The van der Waals surface area contributed by atoms with Crippen molar-refractivity contribution in [3.63, 3.8) is 0 Å². The molecular formula is C26H23N5O2.